The van der Waals surface area contributed by atoms with Crippen LogP contribution in [0.1, 0.15) is 44.9 Å². The van der Waals surface area contributed by atoms with Crippen molar-refractivity contribution in [3.8, 4) is 17.0 Å². The molecule has 2 aliphatic rings. The molecule has 6 nitrogen and oxygen atoms in total. The van der Waals surface area contributed by atoms with Crippen LogP contribution >= 0.6 is 15.9 Å². The van der Waals surface area contributed by atoms with Crippen molar-refractivity contribution in [3.05, 3.63) is 28.9 Å². The Hall–Kier alpha value is -1.86. The number of nitrogens with one attached hydrogen (secondary N) is 1. The van der Waals surface area contributed by atoms with E-state index in [9.17, 15) is 4.79 Å². The second kappa shape index (κ2) is 9.96. The Bertz CT molecular complexity index is 851. The van der Waals surface area contributed by atoms with Crippen LogP contribution in [-0.2, 0) is 11.8 Å². The first kappa shape index (κ1) is 21.4. The zero-order valence-electron chi connectivity index (χ0n) is 17.7. The van der Waals surface area contributed by atoms with Gasteiger partial charge >= 0.3 is 0 Å². The summed E-state index contributed by atoms with van der Waals surface area (Å²) >= 11 is 3.61. The molecule has 2 aromatic rings. The van der Waals surface area contributed by atoms with Gasteiger partial charge in [-0.15, -0.1) is 0 Å². The van der Waals surface area contributed by atoms with Crippen LogP contribution in [0.25, 0.3) is 11.3 Å². The SMILES string of the molecule is Cn1ncc(Br)c1-c1cc(NC(=O)C2CCCC2)ccc1OCCN1CCCCC1. The van der Waals surface area contributed by atoms with Crippen molar-refractivity contribution in [1.29, 1.82) is 0 Å². The molecule has 4 rings (SSSR count). The van der Waals surface area contributed by atoms with Gasteiger partial charge in [0.1, 0.15) is 12.4 Å². The van der Waals surface area contributed by atoms with Gasteiger partial charge in [0.15, 0.2) is 0 Å². The Morgan fingerprint density at radius 1 is 1.20 bits per heavy atom. The highest BCUT2D eigenvalue weighted by Crippen LogP contribution is 2.37. The van der Waals surface area contributed by atoms with Gasteiger partial charge in [-0.1, -0.05) is 19.3 Å². The molecule has 0 spiro atoms. The van der Waals surface area contributed by atoms with E-state index in [0.29, 0.717) is 6.61 Å². The molecule has 1 aliphatic carbocycles. The quantitative estimate of drug-likeness (QED) is 0.623. The Morgan fingerprint density at radius 2 is 1.97 bits per heavy atom. The van der Waals surface area contributed by atoms with Crippen LogP contribution in [-0.4, -0.2) is 46.8 Å². The summed E-state index contributed by atoms with van der Waals surface area (Å²) < 4.78 is 8.96. The molecule has 1 N–H and O–H groups in total. The molecule has 0 bridgehead atoms. The minimum Gasteiger partial charge on any atom is -0.492 e. The third kappa shape index (κ3) is 5.06. The van der Waals surface area contributed by atoms with E-state index in [1.54, 1.807) is 6.20 Å². The smallest absolute Gasteiger partial charge is 0.227 e. The van der Waals surface area contributed by atoms with E-state index in [4.69, 9.17) is 4.74 Å². The summed E-state index contributed by atoms with van der Waals surface area (Å²) in [5.74, 6) is 1.08. The Kier molecular flexibility index (Phi) is 7.10. The predicted molar refractivity (Wildman–Crippen MR) is 123 cm³/mol. The number of hydrogen-bond donors (Lipinski definition) is 1. The fraction of sp³-hybridized carbons (Fsp3) is 0.565. The maximum Gasteiger partial charge on any atom is 0.227 e. The molecule has 7 heteroatoms. The topological polar surface area (TPSA) is 59.4 Å². The van der Waals surface area contributed by atoms with Gasteiger partial charge in [-0.2, -0.15) is 5.10 Å². The van der Waals surface area contributed by atoms with Gasteiger partial charge in [-0.05, 0) is 72.9 Å². The lowest BCUT2D eigenvalue weighted by Crippen LogP contribution is -2.33. The first-order valence-corrected chi connectivity index (χ1v) is 11.9. The minimum atomic E-state index is 0.126. The number of aromatic nitrogens is 2. The van der Waals surface area contributed by atoms with E-state index in [1.165, 1.54) is 19.3 Å². The zero-order chi connectivity index (χ0) is 20.9. The first-order valence-electron chi connectivity index (χ1n) is 11.1. The van der Waals surface area contributed by atoms with Crippen molar-refractivity contribution in [2.75, 3.05) is 31.6 Å². The number of aryl methyl sites for hydroxylation is 1. The molecule has 1 saturated carbocycles. The number of piperidine rings is 1. The molecule has 0 atom stereocenters. The molecule has 1 aromatic heterocycles. The van der Waals surface area contributed by atoms with E-state index in [-0.39, 0.29) is 11.8 Å². The number of likely N-dealkylation sites (tertiary alicyclic amines) is 1. The highest BCUT2D eigenvalue weighted by atomic mass is 79.9. The lowest BCUT2D eigenvalue weighted by Gasteiger charge is -2.26. The number of anilines is 1. The van der Waals surface area contributed by atoms with Gasteiger partial charge < -0.3 is 10.1 Å². The highest BCUT2D eigenvalue weighted by molar-refractivity contribution is 9.10. The van der Waals surface area contributed by atoms with Crippen molar-refractivity contribution in [2.45, 2.75) is 44.9 Å². The molecule has 1 aliphatic heterocycles. The van der Waals surface area contributed by atoms with Crippen LogP contribution in [0.15, 0.2) is 28.9 Å². The molecule has 2 fully saturated rings. The largest absolute Gasteiger partial charge is 0.492 e. The van der Waals surface area contributed by atoms with E-state index >= 15 is 0 Å². The lowest BCUT2D eigenvalue weighted by molar-refractivity contribution is -0.119. The van der Waals surface area contributed by atoms with Gasteiger partial charge in [-0.25, -0.2) is 0 Å². The molecule has 2 heterocycles. The number of carbonyl (C=O) groups is 1. The van der Waals surface area contributed by atoms with Crippen molar-refractivity contribution in [3.63, 3.8) is 0 Å². The maximum atomic E-state index is 12.6. The van der Waals surface area contributed by atoms with E-state index < -0.39 is 0 Å². The Morgan fingerprint density at radius 3 is 2.67 bits per heavy atom. The minimum absolute atomic E-state index is 0.126. The number of halogens is 1. The summed E-state index contributed by atoms with van der Waals surface area (Å²) in [4.78, 5) is 15.1. The van der Waals surface area contributed by atoms with Crippen molar-refractivity contribution >= 4 is 27.5 Å². The van der Waals surface area contributed by atoms with Gasteiger partial charge in [0.2, 0.25) is 5.91 Å². The number of rotatable bonds is 7. The summed E-state index contributed by atoms with van der Waals surface area (Å²) in [5.41, 5.74) is 2.68. The van der Waals surface area contributed by atoms with Crippen LogP contribution < -0.4 is 10.1 Å². The monoisotopic (exact) mass is 474 g/mol. The zero-order valence-corrected chi connectivity index (χ0v) is 19.3. The number of hydrogen-bond acceptors (Lipinski definition) is 4. The number of nitrogens with zero attached hydrogens (tertiary/aromatic N) is 3. The number of amides is 1. The molecule has 0 unspecified atom stereocenters. The average molecular weight is 475 g/mol. The molecular formula is C23H31BrN4O2. The Balaban J connectivity index is 1.51. The number of carbonyl (C=O) groups excluding carboxylic acids is 1. The summed E-state index contributed by atoms with van der Waals surface area (Å²) in [6.45, 7) is 3.91. The van der Waals surface area contributed by atoms with Crippen LogP contribution in [0.2, 0.25) is 0 Å². The predicted octanol–water partition coefficient (Wildman–Crippen LogP) is 4.84. The summed E-state index contributed by atoms with van der Waals surface area (Å²) in [5, 5.41) is 7.47. The molecule has 1 amide bonds. The fourth-order valence-electron chi connectivity index (χ4n) is 4.53. The molecule has 1 saturated heterocycles. The third-order valence-electron chi connectivity index (χ3n) is 6.24. The molecule has 30 heavy (non-hydrogen) atoms. The van der Waals surface area contributed by atoms with Crippen LogP contribution in [0, 0.1) is 5.92 Å². The van der Waals surface area contributed by atoms with Crippen molar-refractivity contribution in [2.24, 2.45) is 13.0 Å². The third-order valence-corrected chi connectivity index (χ3v) is 6.82. The van der Waals surface area contributed by atoms with Crippen LogP contribution in [0.5, 0.6) is 5.75 Å². The van der Waals surface area contributed by atoms with Gasteiger partial charge in [0.25, 0.3) is 0 Å². The molecule has 1 aromatic carbocycles. The highest BCUT2D eigenvalue weighted by Gasteiger charge is 2.23. The average Bonchev–Trinajstić information content (AvgIpc) is 3.40. The van der Waals surface area contributed by atoms with Crippen molar-refractivity contribution < 1.29 is 9.53 Å². The normalized spacial score (nSPS) is 17.9. The second-order valence-electron chi connectivity index (χ2n) is 8.40. The number of ether oxygens (including phenoxy) is 1. The van der Waals surface area contributed by atoms with E-state index in [1.807, 2.05) is 29.9 Å². The molecular weight excluding hydrogens is 444 g/mol. The van der Waals surface area contributed by atoms with Crippen LogP contribution in [0.3, 0.4) is 0 Å². The van der Waals surface area contributed by atoms with E-state index in [0.717, 1.165) is 72.5 Å². The lowest BCUT2D eigenvalue weighted by atomic mass is 10.1. The summed E-state index contributed by atoms with van der Waals surface area (Å²) in [6, 6.07) is 5.91. The molecule has 162 valence electrons. The Labute approximate surface area is 187 Å². The van der Waals surface area contributed by atoms with Crippen LogP contribution in [0.4, 0.5) is 5.69 Å². The van der Waals surface area contributed by atoms with Gasteiger partial charge in [0, 0.05) is 30.8 Å². The molecule has 0 radical (unpaired) electrons. The van der Waals surface area contributed by atoms with Gasteiger partial charge in [-0.3, -0.25) is 14.4 Å². The fourth-order valence-corrected chi connectivity index (χ4v) is 5.09. The van der Waals surface area contributed by atoms with Crippen molar-refractivity contribution in [1.82, 2.24) is 14.7 Å². The first-order chi connectivity index (χ1) is 14.6. The van der Waals surface area contributed by atoms with Gasteiger partial charge in [0.05, 0.1) is 16.4 Å². The van der Waals surface area contributed by atoms with E-state index in [2.05, 4.69) is 31.2 Å². The second-order valence-corrected chi connectivity index (χ2v) is 9.25. The maximum absolute atomic E-state index is 12.6. The summed E-state index contributed by atoms with van der Waals surface area (Å²) in [7, 11) is 1.92. The standard InChI is InChI=1S/C23H31BrN4O2/c1-27-22(20(24)16-25-27)19-15-18(26-23(29)17-7-3-4-8-17)9-10-21(19)30-14-13-28-11-5-2-6-12-28/h9-10,15-17H,2-8,11-14H2,1H3,(H,26,29). The summed E-state index contributed by atoms with van der Waals surface area (Å²) in [6.07, 6.45) is 9.96. The number of benzene rings is 1.